The molecular formula is C21H20N4O3S2. The van der Waals surface area contributed by atoms with Gasteiger partial charge in [0.1, 0.15) is 10.7 Å². The summed E-state index contributed by atoms with van der Waals surface area (Å²) < 4.78 is 5.17. The van der Waals surface area contributed by atoms with Crippen LogP contribution in [-0.4, -0.2) is 33.6 Å². The SMILES string of the molecule is CCCCOC(=O)c1ccc(NC(=S)NC(=O)c2csc(-c3cccnc3)n2)cc1. The second kappa shape index (κ2) is 10.6. The lowest BCUT2D eigenvalue weighted by molar-refractivity contribution is 0.0499. The van der Waals surface area contributed by atoms with E-state index in [-0.39, 0.29) is 16.8 Å². The molecule has 0 unspecified atom stereocenters. The standard InChI is InChI=1S/C21H20N4O3S2/c1-2-3-11-28-20(27)14-6-8-16(9-7-14)23-21(29)25-18(26)17-13-30-19(24-17)15-5-4-10-22-12-15/h4-10,12-13H,2-3,11H2,1H3,(H2,23,25,26,29). The number of nitrogens with zero attached hydrogens (tertiary/aromatic N) is 2. The zero-order chi connectivity index (χ0) is 21.3. The number of rotatable bonds is 7. The highest BCUT2D eigenvalue weighted by molar-refractivity contribution is 7.80. The van der Waals surface area contributed by atoms with Crippen LogP contribution in [0, 0.1) is 0 Å². The predicted octanol–water partition coefficient (Wildman–Crippen LogP) is 4.29. The van der Waals surface area contributed by atoms with Crippen LogP contribution in [0.2, 0.25) is 0 Å². The first-order valence-electron chi connectivity index (χ1n) is 9.32. The van der Waals surface area contributed by atoms with Crippen molar-refractivity contribution in [2.45, 2.75) is 19.8 Å². The van der Waals surface area contributed by atoms with Crippen molar-refractivity contribution in [1.29, 1.82) is 0 Å². The molecule has 0 fully saturated rings. The van der Waals surface area contributed by atoms with Crippen molar-refractivity contribution in [3.63, 3.8) is 0 Å². The van der Waals surface area contributed by atoms with Crippen molar-refractivity contribution < 1.29 is 14.3 Å². The maximum atomic E-state index is 12.4. The smallest absolute Gasteiger partial charge is 0.338 e. The molecule has 2 aromatic heterocycles. The molecule has 9 heteroatoms. The average molecular weight is 441 g/mol. The number of pyridine rings is 1. The molecular weight excluding hydrogens is 420 g/mol. The summed E-state index contributed by atoms with van der Waals surface area (Å²) in [6.45, 7) is 2.44. The Morgan fingerprint density at radius 2 is 2.00 bits per heavy atom. The predicted molar refractivity (Wildman–Crippen MR) is 121 cm³/mol. The van der Waals surface area contributed by atoms with Gasteiger partial charge >= 0.3 is 5.97 Å². The molecule has 3 rings (SSSR count). The Kier molecular flexibility index (Phi) is 7.58. The van der Waals surface area contributed by atoms with Gasteiger partial charge in [-0.25, -0.2) is 9.78 Å². The number of esters is 1. The van der Waals surface area contributed by atoms with Crippen LogP contribution in [-0.2, 0) is 4.74 Å². The van der Waals surface area contributed by atoms with Crippen LogP contribution in [0.1, 0.15) is 40.6 Å². The van der Waals surface area contributed by atoms with Gasteiger partial charge < -0.3 is 10.1 Å². The fourth-order valence-electron chi connectivity index (χ4n) is 2.41. The summed E-state index contributed by atoms with van der Waals surface area (Å²) in [4.78, 5) is 32.7. The normalized spacial score (nSPS) is 10.3. The number of ether oxygens (including phenoxy) is 1. The van der Waals surface area contributed by atoms with Gasteiger partial charge in [0.25, 0.3) is 5.91 Å². The Balaban J connectivity index is 1.53. The summed E-state index contributed by atoms with van der Waals surface area (Å²) in [7, 11) is 0. The highest BCUT2D eigenvalue weighted by atomic mass is 32.1. The minimum atomic E-state index is -0.407. The minimum Gasteiger partial charge on any atom is -0.462 e. The lowest BCUT2D eigenvalue weighted by atomic mass is 10.2. The third-order valence-electron chi connectivity index (χ3n) is 3.98. The minimum absolute atomic E-state index is 0.134. The van der Waals surface area contributed by atoms with Crippen LogP contribution in [0.15, 0.2) is 54.2 Å². The molecule has 0 saturated carbocycles. The first-order valence-corrected chi connectivity index (χ1v) is 10.6. The van der Waals surface area contributed by atoms with E-state index in [4.69, 9.17) is 17.0 Å². The molecule has 1 amide bonds. The summed E-state index contributed by atoms with van der Waals surface area (Å²) in [6, 6.07) is 10.4. The molecule has 0 bridgehead atoms. The van der Waals surface area contributed by atoms with Crippen LogP contribution in [0.3, 0.4) is 0 Å². The first kappa shape index (κ1) is 21.5. The molecule has 0 radical (unpaired) electrons. The van der Waals surface area contributed by atoms with Crippen molar-refractivity contribution in [3.05, 3.63) is 65.4 Å². The molecule has 0 spiro atoms. The van der Waals surface area contributed by atoms with Gasteiger partial charge in [-0.2, -0.15) is 0 Å². The summed E-state index contributed by atoms with van der Waals surface area (Å²) >= 11 is 6.55. The van der Waals surface area contributed by atoms with Gasteiger partial charge in [0.2, 0.25) is 0 Å². The molecule has 0 atom stereocenters. The number of aromatic nitrogens is 2. The highest BCUT2D eigenvalue weighted by Gasteiger charge is 2.14. The molecule has 0 aliphatic heterocycles. The third kappa shape index (κ3) is 5.91. The van der Waals surface area contributed by atoms with Crippen LogP contribution >= 0.6 is 23.6 Å². The molecule has 30 heavy (non-hydrogen) atoms. The molecule has 2 N–H and O–H groups in total. The topological polar surface area (TPSA) is 93.2 Å². The number of anilines is 1. The molecule has 3 aromatic rings. The van der Waals surface area contributed by atoms with E-state index in [0.717, 1.165) is 18.4 Å². The van der Waals surface area contributed by atoms with Gasteiger partial charge in [-0.1, -0.05) is 13.3 Å². The number of hydrogen-bond donors (Lipinski definition) is 2. The molecule has 0 aliphatic carbocycles. The summed E-state index contributed by atoms with van der Waals surface area (Å²) in [6.07, 6.45) is 5.17. The molecule has 0 aliphatic rings. The van der Waals surface area contributed by atoms with E-state index in [0.29, 0.717) is 22.9 Å². The second-order valence-corrected chi connectivity index (χ2v) is 7.52. The molecule has 154 valence electrons. The zero-order valence-electron chi connectivity index (χ0n) is 16.3. The van der Waals surface area contributed by atoms with Crippen molar-refractivity contribution in [3.8, 4) is 10.6 Å². The number of carbonyl (C=O) groups excluding carboxylic acids is 2. The Bertz CT molecular complexity index is 1020. The number of unbranched alkanes of at least 4 members (excludes halogenated alkanes) is 1. The number of nitrogens with one attached hydrogen (secondary N) is 2. The molecule has 7 nitrogen and oxygen atoms in total. The van der Waals surface area contributed by atoms with Crippen LogP contribution in [0.5, 0.6) is 0 Å². The van der Waals surface area contributed by atoms with Gasteiger partial charge in [-0.05, 0) is 55.0 Å². The third-order valence-corrected chi connectivity index (χ3v) is 5.08. The van der Waals surface area contributed by atoms with Crippen LogP contribution in [0.25, 0.3) is 10.6 Å². The summed E-state index contributed by atoms with van der Waals surface area (Å²) in [5.41, 5.74) is 2.21. The van der Waals surface area contributed by atoms with Gasteiger partial charge in [-0.3, -0.25) is 15.1 Å². The average Bonchev–Trinajstić information content (AvgIpc) is 3.25. The fraction of sp³-hybridized carbons (Fsp3) is 0.190. The van der Waals surface area contributed by atoms with E-state index >= 15 is 0 Å². The molecule has 1 aromatic carbocycles. The summed E-state index contributed by atoms with van der Waals surface area (Å²) in [5.74, 6) is -0.770. The van der Waals surface area contributed by atoms with Gasteiger partial charge in [0.05, 0.1) is 12.2 Å². The van der Waals surface area contributed by atoms with E-state index in [9.17, 15) is 9.59 Å². The largest absolute Gasteiger partial charge is 0.462 e. The molecule has 2 heterocycles. The van der Waals surface area contributed by atoms with Crippen LogP contribution in [0.4, 0.5) is 5.69 Å². The van der Waals surface area contributed by atoms with E-state index in [1.165, 1.54) is 11.3 Å². The van der Waals surface area contributed by atoms with Crippen molar-refractivity contribution in [1.82, 2.24) is 15.3 Å². The lowest BCUT2D eigenvalue weighted by Gasteiger charge is -2.09. The number of hydrogen-bond acceptors (Lipinski definition) is 7. The maximum Gasteiger partial charge on any atom is 0.338 e. The number of benzene rings is 1. The monoisotopic (exact) mass is 440 g/mol. The summed E-state index contributed by atoms with van der Waals surface area (Å²) in [5, 5.41) is 8.01. The van der Waals surface area contributed by atoms with Gasteiger partial charge in [0.15, 0.2) is 5.11 Å². The van der Waals surface area contributed by atoms with Gasteiger partial charge in [-0.15, -0.1) is 11.3 Å². The Hall–Kier alpha value is -3.17. The molecule has 0 saturated heterocycles. The number of carbonyl (C=O) groups is 2. The van der Waals surface area contributed by atoms with Crippen LogP contribution < -0.4 is 10.6 Å². The van der Waals surface area contributed by atoms with E-state index < -0.39 is 5.91 Å². The second-order valence-electron chi connectivity index (χ2n) is 6.25. The number of thiazole rings is 1. The Morgan fingerprint density at radius 3 is 2.70 bits per heavy atom. The number of thiocarbonyl (C=S) groups is 1. The number of amides is 1. The Labute approximate surface area is 183 Å². The van der Waals surface area contributed by atoms with Crippen molar-refractivity contribution in [2.75, 3.05) is 11.9 Å². The maximum absolute atomic E-state index is 12.4. The highest BCUT2D eigenvalue weighted by Crippen LogP contribution is 2.22. The quantitative estimate of drug-likeness (QED) is 0.322. The first-order chi connectivity index (χ1) is 14.6. The van der Waals surface area contributed by atoms with E-state index in [2.05, 4.69) is 20.6 Å². The van der Waals surface area contributed by atoms with E-state index in [1.807, 2.05) is 19.1 Å². The Morgan fingerprint density at radius 1 is 1.20 bits per heavy atom. The van der Waals surface area contributed by atoms with E-state index in [1.54, 1.807) is 42.0 Å². The van der Waals surface area contributed by atoms with Crippen molar-refractivity contribution in [2.24, 2.45) is 0 Å². The fourth-order valence-corrected chi connectivity index (χ4v) is 3.41. The zero-order valence-corrected chi connectivity index (χ0v) is 17.9. The lowest BCUT2D eigenvalue weighted by Crippen LogP contribution is -2.34. The van der Waals surface area contributed by atoms with Crippen molar-refractivity contribution >= 4 is 46.2 Å². The van der Waals surface area contributed by atoms with Gasteiger partial charge in [0, 0.05) is 29.0 Å².